The first-order valence-electron chi connectivity index (χ1n) is 15.9. The summed E-state index contributed by atoms with van der Waals surface area (Å²) in [6, 6.07) is 5.96. The van der Waals surface area contributed by atoms with Crippen LogP contribution in [0.1, 0.15) is 44.1 Å². The number of aromatic hydroxyl groups is 1. The molecule has 2 aliphatic heterocycles. The van der Waals surface area contributed by atoms with Crippen molar-refractivity contribution in [2.45, 2.75) is 44.6 Å². The van der Waals surface area contributed by atoms with Crippen molar-refractivity contribution in [3.63, 3.8) is 0 Å². The van der Waals surface area contributed by atoms with Gasteiger partial charge in [0.2, 0.25) is 5.88 Å². The number of likely N-dealkylation sites (tertiary alicyclic amines) is 1. The summed E-state index contributed by atoms with van der Waals surface area (Å²) in [7, 11) is 3.62. The number of phenols is 1. The van der Waals surface area contributed by atoms with Crippen LogP contribution >= 0.6 is 0 Å². The number of halogens is 2. The van der Waals surface area contributed by atoms with E-state index in [2.05, 4.69) is 27.8 Å². The molecule has 2 unspecified atom stereocenters. The number of pyridine rings is 1. The van der Waals surface area contributed by atoms with E-state index < -0.39 is 11.6 Å². The fourth-order valence-electron chi connectivity index (χ4n) is 7.82. The van der Waals surface area contributed by atoms with E-state index in [1.165, 1.54) is 31.4 Å². The third kappa shape index (κ3) is 5.13. The molecule has 1 N–H and O–H groups in total. The van der Waals surface area contributed by atoms with Gasteiger partial charge in [-0.25, -0.2) is 13.8 Å². The van der Waals surface area contributed by atoms with E-state index in [0.29, 0.717) is 55.5 Å². The van der Waals surface area contributed by atoms with E-state index >= 15 is 4.39 Å². The molecular weight excluding hydrogens is 592 g/mol. The highest BCUT2D eigenvalue weighted by Crippen LogP contribution is 2.48. The van der Waals surface area contributed by atoms with E-state index in [4.69, 9.17) is 25.6 Å². The minimum Gasteiger partial charge on any atom is -0.508 e. The molecule has 0 spiro atoms. The third-order valence-corrected chi connectivity index (χ3v) is 9.94. The van der Waals surface area contributed by atoms with Crippen LogP contribution in [-0.2, 0) is 4.74 Å². The molecule has 1 aliphatic carbocycles. The minimum absolute atomic E-state index is 0.0161. The van der Waals surface area contributed by atoms with Crippen LogP contribution in [0.15, 0.2) is 24.3 Å². The average molecular weight is 630 g/mol. The summed E-state index contributed by atoms with van der Waals surface area (Å²) in [5, 5.41) is 11.6. The van der Waals surface area contributed by atoms with Gasteiger partial charge < -0.3 is 29.1 Å². The van der Waals surface area contributed by atoms with E-state index in [1.54, 1.807) is 0 Å². The maximum absolute atomic E-state index is 17.0. The van der Waals surface area contributed by atoms with Crippen LogP contribution in [0.3, 0.4) is 0 Å². The van der Waals surface area contributed by atoms with E-state index in [1.807, 2.05) is 4.90 Å². The van der Waals surface area contributed by atoms with Gasteiger partial charge in [-0.1, -0.05) is 18.4 Å². The lowest BCUT2D eigenvalue weighted by Gasteiger charge is -2.44. The quantitative estimate of drug-likeness (QED) is 0.270. The van der Waals surface area contributed by atoms with Crippen LogP contribution in [0.5, 0.6) is 17.6 Å². The Bertz CT molecular complexity index is 1860. The van der Waals surface area contributed by atoms with Crippen molar-refractivity contribution >= 4 is 27.5 Å². The Kier molecular flexibility index (Phi) is 8.03. The number of piperidine rings is 1. The summed E-state index contributed by atoms with van der Waals surface area (Å²) >= 11 is 0. The Morgan fingerprint density at radius 2 is 1.91 bits per heavy atom. The first-order valence-corrected chi connectivity index (χ1v) is 15.9. The van der Waals surface area contributed by atoms with Gasteiger partial charge in [0.15, 0.2) is 5.82 Å². The smallest absolute Gasteiger partial charge is 0.319 e. The van der Waals surface area contributed by atoms with Gasteiger partial charge in [0, 0.05) is 42.1 Å². The van der Waals surface area contributed by atoms with E-state index in [-0.39, 0.29) is 50.8 Å². The number of ether oxygens (including phenoxy) is 3. The van der Waals surface area contributed by atoms with Gasteiger partial charge in [-0.2, -0.15) is 9.97 Å². The molecule has 3 aliphatic rings. The Hall–Kier alpha value is -4.27. The molecule has 2 atom stereocenters. The number of phenolic OH excluding ortho intramolecular Hbond substituents is 1. The molecule has 0 bridgehead atoms. The standard InChI is InChI=1S/C35H37F2N5O4/c1-4-23-25(36)10-9-21-18-22(43)19-24(27(21)23)30-29(37)31-28(33(38-30)44-3)32(42-14-7-16-45-17-15-42)40-34(39-31)46-20-35-11-5-8-26(35)41(2)13-6-12-35/h1,9-10,18-19,26,43H,5-8,11-17,20H2,2-3H3. The van der Waals surface area contributed by atoms with Crippen molar-refractivity contribution in [2.75, 3.05) is 58.5 Å². The highest BCUT2D eigenvalue weighted by molar-refractivity contribution is 6.04. The number of benzene rings is 2. The zero-order chi connectivity index (χ0) is 32.0. The second kappa shape index (κ2) is 12.2. The molecule has 2 aromatic carbocycles. The van der Waals surface area contributed by atoms with Gasteiger partial charge >= 0.3 is 6.01 Å². The maximum atomic E-state index is 17.0. The lowest BCUT2D eigenvalue weighted by molar-refractivity contribution is 0.0133. The number of anilines is 1. The van der Waals surface area contributed by atoms with Gasteiger partial charge in [0.05, 0.1) is 25.9 Å². The Morgan fingerprint density at radius 3 is 2.74 bits per heavy atom. The number of hydrogen-bond donors (Lipinski definition) is 1. The Labute approximate surface area is 266 Å². The van der Waals surface area contributed by atoms with Gasteiger partial charge in [-0.3, -0.25) is 0 Å². The largest absolute Gasteiger partial charge is 0.508 e. The molecule has 240 valence electrons. The molecule has 9 nitrogen and oxygen atoms in total. The van der Waals surface area contributed by atoms with Crippen molar-refractivity contribution in [3.05, 3.63) is 41.5 Å². The highest BCUT2D eigenvalue weighted by atomic mass is 19.1. The van der Waals surface area contributed by atoms with Gasteiger partial charge in [-0.05, 0) is 69.3 Å². The molecule has 2 saturated heterocycles. The first-order chi connectivity index (χ1) is 22.3. The molecule has 4 heterocycles. The lowest BCUT2D eigenvalue weighted by Crippen LogP contribution is -2.50. The minimum atomic E-state index is -0.788. The monoisotopic (exact) mass is 629 g/mol. The third-order valence-electron chi connectivity index (χ3n) is 9.94. The van der Waals surface area contributed by atoms with Crippen LogP contribution in [-0.4, -0.2) is 84.6 Å². The summed E-state index contributed by atoms with van der Waals surface area (Å²) in [4.78, 5) is 18.5. The van der Waals surface area contributed by atoms with E-state index in [9.17, 15) is 9.50 Å². The molecule has 1 saturated carbocycles. The maximum Gasteiger partial charge on any atom is 0.319 e. The van der Waals surface area contributed by atoms with Crippen LogP contribution in [0.2, 0.25) is 0 Å². The molecule has 3 fully saturated rings. The van der Waals surface area contributed by atoms with Crippen LogP contribution < -0.4 is 14.4 Å². The molecule has 7 rings (SSSR count). The number of terminal acetylenes is 1. The molecule has 46 heavy (non-hydrogen) atoms. The van der Waals surface area contributed by atoms with Crippen molar-refractivity contribution in [1.29, 1.82) is 0 Å². The number of hydrogen-bond acceptors (Lipinski definition) is 9. The number of fused-ring (bicyclic) bond motifs is 3. The Morgan fingerprint density at radius 1 is 1.07 bits per heavy atom. The Balaban J connectivity index is 1.43. The number of methoxy groups -OCH3 is 1. The summed E-state index contributed by atoms with van der Waals surface area (Å²) in [5.74, 6) is 1.32. The van der Waals surface area contributed by atoms with E-state index in [0.717, 1.165) is 45.1 Å². The highest BCUT2D eigenvalue weighted by Gasteiger charge is 2.47. The second-order valence-electron chi connectivity index (χ2n) is 12.6. The van der Waals surface area contributed by atoms with Crippen molar-refractivity contribution < 1.29 is 28.1 Å². The predicted molar refractivity (Wildman–Crippen MR) is 171 cm³/mol. The molecule has 2 aromatic heterocycles. The van der Waals surface area contributed by atoms with Gasteiger partial charge in [0.1, 0.15) is 34.0 Å². The van der Waals surface area contributed by atoms with Crippen LogP contribution in [0.25, 0.3) is 32.9 Å². The molecule has 4 aromatic rings. The summed E-state index contributed by atoms with van der Waals surface area (Å²) in [6.07, 6.45) is 11.9. The van der Waals surface area contributed by atoms with Gasteiger partial charge in [0.25, 0.3) is 0 Å². The zero-order valence-corrected chi connectivity index (χ0v) is 26.1. The number of nitrogens with zero attached hydrogens (tertiary/aromatic N) is 5. The zero-order valence-electron chi connectivity index (χ0n) is 26.1. The molecular formula is C35H37F2N5O4. The second-order valence-corrected chi connectivity index (χ2v) is 12.6. The molecule has 0 amide bonds. The summed E-state index contributed by atoms with van der Waals surface area (Å²) in [5.41, 5.74) is -0.206. The predicted octanol–water partition coefficient (Wildman–Crippen LogP) is 5.69. The van der Waals surface area contributed by atoms with Crippen molar-refractivity contribution in [3.8, 4) is 41.2 Å². The normalized spacial score (nSPS) is 22.1. The molecule has 11 heteroatoms. The number of aromatic nitrogens is 3. The average Bonchev–Trinajstić information content (AvgIpc) is 3.31. The lowest BCUT2D eigenvalue weighted by atomic mass is 9.76. The van der Waals surface area contributed by atoms with Crippen molar-refractivity contribution in [1.82, 2.24) is 19.9 Å². The summed E-state index contributed by atoms with van der Waals surface area (Å²) < 4.78 is 49.8. The topological polar surface area (TPSA) is 93.1 Å². The SMILES string of the molecule is C#Cc1c(F)ccc2cc(O)cc(-c3nc(OC)c4c(N5CCCOCC5)nc(OCC56CCCC5N(C)CCC6)nc4c3F)c12. The number of rotatable bonds is 6. The van der Waals surface area contributed by atoms with Crippen molar-refractivity contribution in [2.24, 2.45) is 5.41 Å². The fraction of sp³-hybridized carbons (Fsp3) is 0.457. The van der Waals surface area contributed by atoms with Gasteiger partial charge in [-0.15, -0.1) is 6.42 Å². The fourth-order valence-corrected chi connectivity index (χ4v) is 7.82. The summed E-state index contributed by atoms with van der Waals surface area (Å²) in [6.45, 7) is 3.72. The first kappa shape index (κ1) is 30.4. The van der Waals surface area contributed by atoms with Crippen LogP contribution in [0.4, 0.5) is 14.6 Å². The van der Waals surface area contributed by atoms with Crippen LogP contribution in [0, 0.1) is 29.4 Å². The molecule has 0 radical (unpaired) electrons.